The summed E-state index contributed by atoms with van der Waals surface area (Å²) in [5.74, 6) is 0.800. The van der Waals surface area contributed by atoms with E-state index < -0.39 is 4.92 Å². The van der Waals surface area contributed by atoms with Crippen molar-refractivity contribution in [3.05, 3.63) is 40.7 Å². The number of aliphatic hydroxyl groups is 1. The first-order valence-corrected chi connectivity index (χ1v) is 7.96. The standard InChI is InChI=1S/C16H21N5O4/c1-3-20(9-10-22)16-14(21(23)24)15(17-11-18-16)19-12-7-5-6-8-13(12)25-4-2/h5-8,11,22H,3-4,9-10H2,1-2H3,(H,17,18,19). The minimum absolute atomic E-state index is 0.0681. The Morgan fingerprint density at radius 1 is 1.32 bits per heavy atom. The van der Waals surface area contributed by atoms with Gasteiger partial charge in [0.2, 0.25) is 11.6 Å². The van der Waals surface area contributed by atoms with Crippen molar-refractivity contribution in [1.29, 1.82) is 0 Å². The number of nitro groups is 1. The first-order chi connectivity index (χ1) is 12.1. The van der Waals surface area contributed by atoms with Gasteiger partial charge in [0.15, 0.2) is 0 Å². The van der Waals surface area contributed by atoms with Crippen LogP contribution in [0.1, 0.15) is 13.8 Å². The molecule has 0 aliphatic carbocycles. The highest BCUT2D eigenvalue weighted by Gasteiger charge is 2.26. The van der Waals surface area contributed by atoms with Crippen LogP contribution in [0, 0.1) is 10.1 Å². The van der Waals surface area contributed by atoms with Crippen LogP contribution in [0.5, 0.6) is 5.75 Å². The molecule has 0 saturated heterocycles. The number of rotatable bonds is 9. The molecular weight excluding hydrogens is 326 g/mol. The largest absolute Gasteiger partial charge is 0.492 e. The van der Waals surface area contributed by atoms with Crippen molar-refractivity contribution in [2.75, 3.05) is 36.5 Å². The Kier molecular flexibility index (Phi) is 6.47. The number of aliphatic hydroxyl groups excluding tert-OH is 1. The lowest BCUT2D eigenvalue weighted by molar-refractivity contribution is -0.383. The van der Waals surface area contributed by atoms with E-state index in [0.717, 1.165) is 0 Å². The summed E-state index contributed by atoms with van der Waals surface area (Å²) in [6.07, 6.45) is 1.26. The average molecular weight is 347 g/mol. The summed E-state index contributed by atoms with van der Waals surface area (Å²) in [6, 6.07) is 7.13. The molecule has 1 heterocycles. The number of ether oxygens (including phenoxy) is 1. The number of hydrogen-bond donors (Lipinski definition) is 2. The van der Waals surface area contributed by atoms with Crippen LogP contribution >= 0.6 is 0 Å². The number of benzene rings is 1. The topological polar surface area (TPSA) is 114 Å². The molecular formula is C16H21N5O4. The number of anilines is 3. The van der Waals surface area contributed by atoms with E-state index in [0.29, 0.717) is 24.6 Å². The molecule has 0 unspecified atom stereocenters. The third kappa shape index (κ3) is 4.32. The first-order valence-electron chi connectivity index (χ1n) is 7.96. The summed E-state index contributed by atoms with van der Waals surface area (Å²) in [5.41, 5.74) is 0.325. The lowest BCUT2D eigenvalue weighted by Gasteiger charge is -2.21. The van der Waals surface area contributed by atoms with Crippen LogP contribution < -0.4 is 15.0 Å². The quantitative estimate of drug-likeness (QED) is 0.525. The van der Waals surface area contributed by atoms with Crippen LogP contribution in [0.25, 0.3) is 0 Å². The van der Waals surface area contributed by atoms with Crippen molar-refractivity contribution in [2.45, 2.75) is 13.8 Å². The minimum Gasteiger partial charge on any atom is -0.492 e. The Balaban J connectivity index is 2.46. The van der Waals surface area contributed by atoms with Gasteiger partial charge in [0.1, 0.15) is 12.1 Å². The van der Waals surface area contributed by atoms with Crippen molar-refractivity contribution in [1.82, 2.24) is 9.97 Å². The summed E-state index contributed by atoms with van der Waals surface area (Å²) < 4.78 is 5.53. The van der Waals surface area contributed by atoms with Crippen LogP contribution in [0.3, 0.4) is 0 Å². The maximum atomic E-state index is 11.6. The molecule has 2 N–H and O–H groups in total. The monoisotopic (exact) mass is 347 g/mol. The van der Waals surface area contributed by atoms with Crippen LogP contribution in [-0.4, -0.2) is 46.3 Å². The van der Waals surface area contributed by atoms with Crippen molar-refractivity contribution in [3.63, 3.8) is 0 Å². The van der Waals surface area contributed by atoms with Gasteiger partial charge in [-0.1, -0.05) is 12.1 Å². The van der Waals surface area contributed by atoms with E-state index >= 15 is 0 Å². The second-order valence-corrected chi connectivity index (χ2v) is 5.01. The van der Waals surface area contributed by atoms with Gasteiger partial charge >= 0.3 is 5.69 Å². The first kappa shape index (κ1) is 18.4. The molecule has 0 saturated carbocycles. The zero-order chi connectivity index (χ0) is 18.2. The lowest BCUT2D eigenvalue weighted by atomic mass is 10.3. The molecule has 0 aliphatic heterocycles. The lowest BCUT2D eigenvalue weighted by Crippen LogP contribution is -2.28. The molecule has 1 aromatic carbocycles. The molecule has 0 radical (unpaired) electrons. The Labute approximate surface area is 145 Å². The second kappa shape index (κ2) is 8.78. The molecule has 0 bridgehead atoms. The third-order valence-corrected chi connectivity index (χ3v) is 3.48. The predicted octanol–water partition coefficient (Wildman–Crippen LogP) is 2.35. The molecule has 0 aliphatic rings. The Bertz CT molecular complexity index is 725. The van der Waals surface area contributed by atoms with Gasteiger partial charge in [0.25, 0.3) is 0 Å². The van der Waals surface area contributed by atoms with E-state index in [2.05, 4.69) is 15.3 Å². The number of aromatic nitrogens is 2. The predicted molar refractivity (Wildman–Crippen MR) is 94.6 cm³/mol. The third-order valence-electron chi connectivity index (χ3n) is 3.48. The minimum atomic E-state index is -0.527. The highest BCUT2D eigenvalue weighted by molar-refractivity contribution is 5.76. The van der Waals surface area contributed by atoms with Crippen molar-refractivity contribution < 1.29 is 14.8 Å². The SMILES string of the molecule is CCOc1ccccc1Nc1ncnc(N(CC)CCO)c1[N+](=O)[O-]. The Hall–Kier alpha value is -2.94. The molecule has 9 heteroatoms. The summed E-state index contributed by atoms with van der Waals surface area (Å²) >= 11 is 0. The van der Waals surface area contributed by atoms with Gasteiger partial charge in [-0.15, -0.1) is 0 Å². The second-order valence-electron chi connectivity index (χ2n) is 5.01. The van der Waals surface area contributed by atoms with Gasteiger partial charge in [-0.05, 0) is 26.0 Å². The van der Waals surface area contributed by atoms with E-state index in [9.17, 15) is 15.2 Å². The van der Waals surface area contributed by atoms with Gasteiger partial charge < -0.3 is 20.1 Å². The normalized spacial score (nSPS) is 10.4. The fraction of sp³-hybridized carbons (Fsp3) is 0.375. The molecule has 0 fully saturated rings. The molecule has 0 amide bonds. The number of nitrogens with zero attached hydrogens (tertiary/aromatic N) is 4. The summed E-state index contributed by atoms with van der Waals surface area (Å²) in [4.78, 5) is 20.8. The van der Waals surface area contributed by atoms with E-state index in [1.165, 1.54) is 6.33 Å². The zero-order valence-electron chi connectivity index (χ0n) is 14.2. The smallest absolute Gasteiger partial charge is 0.353 e. The number of hydrogen-bond acceptors (Lipinski definition) is 8. The Morgan fingerprint density at radius 3 is 2.72 bits per heavy atom. The van der Waals surface area contributed by atoms with Crippen LogP contribution in [-0.2, 0) is 0 Å². The molecule has 1 aromatic heterocycles. The van der Waals surface area contributed by atoms with Crippen LogP contribution in [0.15, 0.2) is 30.6 Å². The molecule has 25 heavy (non-hydrogen) atoms. The van der Waals surface area contributed by atoms with Crippen LogP contribution in [0.2, 0.25) is 0 Å². The fourth-order valence-electron chi connectivity index (χ4n) is 2.37. The van der Waals surface area contributed by atoms with E-state index in [1.54, 1.807) is 23.1 Å². The summed E-state index contributed by atoms with van der Waals surface area (Å²) in [7, 11) is 0. The van der Waals surface area contributed by atoms with Crippen molar-refractivity contribution in [2.24, 2.45) is 0 Å². The van der Waals surface area contributed by atoms with Gasteiger partial charge in [-0.2, -0.15) is 0 Å². The van der Waals surface area contributed by atoms with E-state index in [-0.39, 0.29) is 30.5 Å². The van der Waals surface area contributed by atoms with E-state index in [1.807, 2.05) is 19.9 Å². The van der Waals surface area contributed by atoms with Gasteiger partial charge in [-0.3, -0.25) is 10.1 Å². The highest BCUT2D eigenvalue weighted by atomic mass is 16.6. The number of nitrogens with one attached hydrogen (secondary N) is 1. The molecule has 9 nitrogen and oxygen atoms in total. The molecule has 0 atom stereocenters. The molecule has 0 spiro atoms. The average Bonchev–Trinajstić information content (AvgIpc) is 2.61. The summed E-state index contributed by atoms with van der Waals surface area (Å²) in [5, 5.41) is 23.8. The summed E-state index contributed by atoms with van der Waals surface area (Å²) in [6.45, 7) is 4.73. The molecule has 134 valence electrons. The van der Waals surface area contributed by atoms with E-state index in [4.69, 9.17) is 4.74 Å². The molecule has 2 rings (SSSR count). The highest BCUT2D eigenvalue weighted by Crippen LogP contribution is 2.35. The Morgan fingerprint density at radius 2 is 2.08 bits per heavy atom. The van der Waals surface area contributed by atoms with Gasteiger partial charge in [0.05, 0.1) is 23.8 Å². The maximum Gasteiger partial charge on any atom is 0.353 e. The fourth-order valence-corrected chi connectivity index (χ4v) is 2.37. The zero-order valence-corrected chi connectivity index (χ0v) is 14.2. The molecule has 2 aromatic rings. The van der Waals surface area contributed by atoms with Crippen molar-refractivity contribution in [3.8, 4) is 5.75 Å². The number of para-hydroxylation sites is 2. The van der Waals surface area contributed by atoms with Gasteiger partial charge in [-0.25, -0.2) is 9.97 Å². The van der Waals surface area contributed by atoms with Crippen LogP contribution in [0.4, 0.5) is 23.0 Å². The maximum absolute atomic E-state index is 11.6. The van der Waals surface area contributed by atoms with Crippen molar-refractivity contribution >= 4 is 23.0 Å². The number of likely N-dealkylation sites (N-methyl/N-ethyl adjacent to an activating group) is 1. The van der Waals surface area contributed by atoms with Gasteiger partial charge in [0, 0.05) is 13.1 Å².